The van der Waals surface area contributed by atoms with Gasteiger partial charge in [0.2, 0.25) is 0 Å². The van der Waals surface area contributed by atoms with Crippen LogP contribution < -0.4 is 15.8 Å². The number of primary amides is 1. The number of carbonyl (C=O) groups is 1. The van der Waals surface area contributed by atoms with E-state index in [0.717, 1.165) is 0 Å². The van der Waals surface area contributed by atoms with E-state index in [1.807, 2.05) is 18.2 Å². The molecule has 0 bridgehead atoms. The van der Waals surface area contributed by atoms with E-state index in [-0.39, 0.29) is 26.2 Å². The van der Waals surface area contributed by atoms with Crippen LogP contribution in [-0.4, -0.2) is 41.6 Å². The summed E-state index contributed by atoms with van der Waals surface area (Å²) in [4.78, 5) is 11.0. The molecule has 0 aliphatic rings. The Morgan fingerprint density at radius 2 is 2.06 bits per heavy atom. The topological polar surface area (TPSA) is 105 Å². The second-order valence-corrected chi connectivity index (χ2v) is 3.79. The largest absolute Gasteiger partial charge is 0.492 e. The molecule has 0 aromatic heterocycles. The predicted octanol–water partition coefficient (Wildman–Crippen LogP) is -0.789. The molecule has 0 heterocycles. The van der Waals surface area contributed by atoms with Crippen molar-refractivity contribution in [3.05, 3.63) is 30.3 Å². The average Bonchev–Trinajstić information content (AvgIpc) is 2.36. The summed E-state index contributed by atoms with van der Waals surface area (Å²) in [5.41, 5.74) is 3.15. The number of benzene rings is 1. The molecule has 6 heteroatoms. The number of hydrogen-bond acceptors (Lipinski definition) is 5. The fourth-order valence-corrected chi connectivity index (χ4v) is 1.40. The van der Waals surface area contributed by atoms with Gasteiger partial charge in [-0.25, -0.2) is 0 Å². The highest BCUT2D eigenvalue weighted by Crippen LogP contribution is 2.08. The zero-order valence-electron chi connectivity index (χ0n) is 10.0. The lowest BCUT2D eigenvalue weighted by Gasteiger charge is -2.25. The molecule has 1 aromatic rings. The van der Waals surface area contributed by atoms with Crippen LogP contribution in [0, 0.1) is 0 Å². The van der Waals surface area contributed by atoms with Crippen LogP contribution >= 0.6 is 0 Å². The van der Waals surface area contributed by atoms with Crippen LogP contribution in [0.4, 0.5) is 0 Å². The minimum atomic E-state index is -1.89. The molecule has 1 unspecified atom stereocenters. The molecular formula is C12H18N2O4. The number of carbonyl (C=O) groups excluding carboxylic acids is 1. The van der Waals surface area contributed by atoms with Gasteiger partial charge in [0, 0.05) is 19.6 Å². The summed E-state index contributed by atoms with van der Waals surface area (Å²) in [5.74, 6) is -0.222. The summed E-state index contributed by atoms with van der Waals surface area (Å²) in [6.45, 7) is 0.158. The van der Waals surface area contributed by atoms with Crippen molar-refractivity contribution in [1.82, 2.24) is 5.32 Å². The number of hydrogen-bond donors (Lipinski definition) is 4. The van der Waals surface area contributed by atoms with Crippen molar-refractivity contribution in [1.29, 1.82) is 0 Å². The fraction of sp³-hybridized carbons (Fsp3) is 0.417. The molecule has 5 N–H and O–H groups in total. The Morgan fingerprint density at radius 3 is 2.61 bits per heavy atom. The Bertz CT molecular complexity index is 372. The maximum absolute atomic E-state index is 11.0. The lowest BCUT2D eigenvalue weighted by Crippen LogP contribution is -2.56. The summed E-state index contributed by atoms with van der Waals surface area (Å²) >= 11 is 0. The van der Waals surface area contributed by atoms with Gasteiger partial charge in [-0.3, -0.25) is 10.1 Å². The van der Waals surface area contributed by atoms with E-state index in [0.29, 0.717) is 5.75 Å². The first kappa shape index (κ1) is 14.4. The van der Waals surface area contributed by atoms with Gasteiger partial charge in [-0.1, -0.05) is 18.2 Å². The standard InChI is InChI=1S/C12H18N2O4/c13-11(16)12(17,6-8-15)14-7-9-18-10-4-2-1-3-5-10/h1-5,14-15,17H,6-9H2,(H2,13,16). The molecule has 1 aromatic carbocycles. The molecule has 100 valence electrons. The Labute approximate surface area is 105 Å². The molecule has 0 spiro atoms. The summed E-state index contributed by atoms with van der Waals surface area (Å²) in [6, 6.07) is 9.16. The predicted molar refractivity (Wildman–Crippen MR) is 65.8 cm³/mol. The zero-order chi connectivity index (χ0) is 13.4. The van der Waals surface area contributed by atoms with E-state index >= 15 is 0 Å². The number of para-hydroxylation sites is 1. The number of amides is 1. The lowest BCUT2D eigenvalue weighted by atomic mass is 10.1. The zero-order valence-corrected chi connectivity index (χ0v) is 10.0. The molecule has 6 nitrogen and oxygen atoms in total. The quantitative estimate of drug-likeness (QED) is 0.359. The second-order valence-electron chi connectivity index (χ2n) is 3.79. The Hall–Kier alpha value is -1.63. The normalized spacial score (nSPS) is 13.9. The number of ether oxygens (including phenoxy) is 1. The van der Waals surface area contributed by atoms with Crippen molar-refractivity contribution in [2.75, 3.05) is 19.8 Å². The van der Waals surface area contributed by atoms with E-state index in [1.54, 1.807) is 12.1 Å². The highest BCUT2D eigenvalue weighted by molar-refractivity contribution is 5.82. The highest BCUT2D eigenvalue weighted by atomic mass is 16.5. The first-order valence-electron chi connectivity index (χ1n) is 5.64. The van der Waals surface area contributed by atoms with Crippen molar-refractivity contribution < 1.29 is 19.7 Å². The molecule has 1 amide bonds. The third-order valence-corrected chi connectivity index (χ3v) is 2.41. The van der Waals surface area contributed by atoms with Crippen molar-refractivity contribution in [2.24, 2.45) is 5.73 Å². The molecule has 1 atom stereocenters. The first-order valence-corrected chi connectivity index (χ1v) is 5.64. The third kappa shape index (κ3) is 4.33. The summed E-state index contributed by atoms with van der Waals surface area (Å²) in [6.07, 6.45) is -0.159. The van der Waals surface area contributed by atoms with Gasteiger partial charge in [-0.2, -0.15) is 0 Å². The number of aliphatic hydroxyl groups is 2. The number of nitrogens with one attached hydrogen (secondary N) is 1. The van der Waals surface area contributed by atoms with Crippen molar-refractivity contribution in [3.63, 3.8) is 0 Å². The van der Waals surface area contributed by atoms with E-state index < -0.39 is 11.6 Å². The molecule has 0 saturated carbocycles. The third-order valence-electron chi connectivity index (χ3n) is 2.41. The SMILES string of the molecule is NC(=O)C(O)(CCO)NCCOc1ccccc1. The minimum Gasteiger partial charge on any atom is -0.492 e. The van der Waals surface area contributed by atoms with Gasteiger partial charge < -0.3 is 20.7 Å². The van der Waals surface area contributed by atoms with Crippen molar-refractivity contribution >= 4 is 5.91 Å². The van der Waals surface area contributed by atoms with E-state index in [9.17, 15) is 9.90 Å². The fourth-order valence-electron chi connectivity index (χ4n) is 1.40. The molecule has 0 aliphatic heterocycles. The number of aliphatic hydroxyl groups excluding tert-OH is 1. The van der Waals surface area contributed by atoms with E-state index in [4.69, 9.17) is 15.6 Å². The molecule has 0 fully saturated rings. The van der Waals surface area contributed by atoms with Gasteiger partial charge in [0.1, 0.15) is 12.4 Å². The highest BCUT2D eigenvalue weighted by Gasteiger charge is 2.32. The van der Waals surface area contributed by atoms with Crippen molar-refractivity contribution in [2.45, 2.75) is 12.1 Å². The molecule has 0 aliphatic carbocycles. The average molecular weight is 254 g/mol. The molecule has 0 radical (unpaired) electrons. The summed E-state index contributed by atoms with van der Waals surface area (Å²) in [5, 5.41) is 21.1. The molecular weight excluding hydrogens is 236 g/mol. The van der Waals surface area contributed by atoms with Gasteiger partial charge in [0.05, 0.1) is 0 Å². The second kappa shape index (κ2) is 6.95. The van der Waals surface area contributed by atoms with Gasteiger partial charge in [-0.05, 0) is 12.1 Å². The number of nitrogens with two attached hydrogens (primary N) is 1. The van der Waals surface area contributed by atoms with Gasteiger partial charge in [0.25, 0.3) is 5.91 Å². The lowest BCUT2D eigenvalue weighted by molar-refractivity contribution is -0.141. The van der Waals surface area contributed by atoms with Crippen LogP contribution in [0.25, 0.3) is 0 Å². The van der Waals surface area contributed by atoms with Gasteiger partial charge >= 0.3 is 0 Å². The monoisotopic (exact) mass is 254 g/mol. The van der Waals surface area contributed by atoms with Crippen molar-refractivity contribution in [3.8, 4) is 5.75 Å². The molecule has 1 rings (SSSR count). The number of rotatable bonds is 8. The first-order chi connectivity index (χ1) is 8.58. The summed E-state index contributed by atoms with van der Waals surface area (Å²) < 4.78 is 5.37. The Morgan fingerprint density at radius 1 is 1.39 bits per heavy atom. The van der Waals surface area contributed by atoms with Gasteiger partial charge in [-0.15, -0.1) is 0 Å². The van der Waals surface area contributed by atoms with Crippen LogP contribution in [0.15, 0.2) is 30.3 Å². The smallest absolute Gasteiger partial charge is 0.264 e. The van der Waals surface area contributed by atoms with E-state index in [1.165, 1.54) is 0 Å². The van der Waals surface area contributed by atoms with Crippen LogP contribution in [0.1, 0.15) is 6.42 Å². The Balaban J connectivity index is 2.34. The maximum atomic E-state index is 11.0. The maximum Gasteiger partial charge on any atom is 0.264 e. The molecule has 0 saturated heterocycles. The van der Waals surface area contributed by atoms with Crippen LogP contribution in [0.5, 0.6) is 5.75 Å². The molecule has 18 heavy (non-hydrogen) atoms. The summed E-state index contributed by atoms with van der Waals surface area (Å²) in [7, 11) is 0. The van der Waals surface area contributed by atoms with E-state index in [2.05, 4.69) is 5.32 Å². The Kier molecular flexibility index (Phi) is 5.57. The minimum absolute atomic E-state index is 0.159. The van der Waals surface area contributed by atoms with Crippen LogP contribution in [0.2, 0.25) is 0 Å². The van der Waals surface area contributed by atoms with Crippen LogP contribution in [0.3, 0.4) is 0 Å². The van der Waals surface area contributed by atoms with Gasteiger partial charge in [0.15, 0.2) is 5.72 Å². The van der Waals surface area contributed by atoms with Crippen LogP contribution in [-0.2, 0) is 4.79 Å².